The third-order valence-corrected chi connectivity index (χ3v) is 6.55. The molecular weight excluding hydrogens is 438 g/mol. The van der Waals surface area contributed by atoms with Crippen molar-refractivity contribution in [2.24, 2.45) is 0 Å². The third kappa shape index (κ3) is 4.25. The van der Waals surface area contributed by atoms with Crippen molar-refractivity contribution in [3.63, 3.8) is 0 Å². The highest BCUT2D eigenvalue weighted by atomic mass is 19.1. The van der Waals surface area contributed by atoms with Gasteiger partial charge in [-0.15, -0.1) is 0 Å². The number of anilines is 1. The smallest absolute Gasteiger partial charge is 0.256 e. The Bertz CT molecular complexity index is 1360. The summed E-state index contributed by atoms with van der Waals surface area (Å²) in [5.41, 5.74) is 2.07. The Morgan fingerprint density at radius 2 is 1.91 bits per heavy atom. The summed E-state index contributed by atoms with van der Waals surface area (Å²) < 4.78 is 30.0. The van der Waals surface area contributed by atoms with Crippen LogP contribution >= 0.6 is 0 Å². The number of aromatic nitrogens is 3. The van der Waals surface area contributed by atoms with E-state index in [9.17, 15) is 18.7 Å². The Balaban J connectivity index is 1.72. The van der Waals surface area contributed by atoms with Gasteiger partial charge in [-0.3, -0.25) is 9.36 Å². The molecule has 1 unspecified atom stereocenters. The predicted octanol–water partition coefficient (Wildman–Crippen LogP) is 4.76. The second-order valence-electron chi connectivity index (χ2n) is 8.97. The average molecular weight is 465 g/mol. The van der Waals surface area contributed by atoms with Crippen LogP contribution in [0, 0.1) is 12.7 Å². The minimum absolute atomic E-state index is 0.0673. The largest absolute Gasteiger partial charge is 0.393 e. The van der Waals surface area contributed by atoms with E-state index < -0.39 is 6.17 Å². The Hall–Kier alpha value is -3.39. The monoisotopic (exact) mass is 464 g/mol. The number of hydrogen-bond donors (Lipinski definition) is 2. The van der Waals surface area contributed by atoms with Crippen LogP contribution in [0.4, 0.5) is 14.7 Å². The SMILES string of the molecule is Cc1cc(F)ccc1-c1nc(NC2CCC(O)CC2)nc2c1ccc(=O)n2C1=CC=CCC1F. The molecule has 0 radical (unpaired) electrons. The van der Waals surface area contributed by atoms with Gasteiger partial charge in [-0.1, -0.05) is 12.2 Å². The van der Waals surface area contributed by atoms with Gasteiger partial charge in [0.25, 0.3) is 5.56 Å². The Morgan fingerprint density at radius 1 is 1.12 bits per heavy atom. The molecule has 1 aromatic carbocycles. The molecule has 0 spiro atoms. The molecule has 6 nitrogen and oxygen atoms in total. The highest BCUT2D eigenvalue weighted by molar-refractivity contribution is 5.93. The third-order valence-electron chi connectivity index (χ3n) is 6.55. The predicted molar refractivity (Wildman–Crippen MR) is 129 cm³/mol. The van der Waals surface area contributed by atoms with Gasteiger partial charge in [0, 0.05) is 29.5 Å². The van der Waals surface area contributed by atoms with Crippen LogP contribution in [0.5, 0.6) is 0 Å². The molecule has 34 heavy (non-hydrogen) atoms. The maximum Gasteiger partial charge on any atom is 0.256 e. The van der Waals surface area contributed by atoms with Crippen molar-refractivity contribution < 1.29 is 13.9 Å². The average Bonchev–Trinajstić information content (AvgIpc) is 2.81. The number of nitrogens with zero attached hydrogens (tertiary/aromatic N) is 3. The summed E-state index contributed by atoms with van der Waals surface area (Å²) in [4.78, 5) is 22.4. The quantitative estimate of drug-likeness (QED) is 0.582. The first kappa shape index (κ1) is 22.4. The van der Waals surface area contributed by atoms with Gasteiger partial charge in [0.15, 0.2) is 5.65 Å². The van der Waals surface area contributed by atoms with E-state index in [1.165, 1.54) is 22.8 Å². The number of halogens is 2. The summed E-state index contributed by atoms with van der Waals surface area (Å²) in [5, 5.41) is 13.8. The van der Waals surface area contributed by atoms with Crippen LogP contribution in [-0.4, -0.2) is 38.0 Å². The van der Waals surface area contributed by atoms with Crippen LogP contribution in [0.15, 0.2) is 53.4 Å². The van der Waals surface area contributed by atoms with Gasteiger partial charge in [0.2, 0.25) is 5.95 Å². The lowest BCUT2D eigenvalue weighted by molar-refractivity contribution is 0.126. The zero-order valence-corrected chi connectivity index (χ0v) is 18.8. The van der Waals surface area contributed by atoms with Crippen molar-refractivity contribution in [1.29, 1.82) is 0 Å². The van der Waals surface area contributed by atoms with Gasteiger partial charge in [-0.05, 0) is 68.5 Å². The Kier molecular flexibility index (Phi) is 6.00. The zero-order valence-electron chi connectivity index (χ0n) is 18.8. The molecule has 2 aliphatic rings. The molecule has 1 saturated carbocycles. The van der Waals surface area contributed by atoms with E-state index in [-0.39, 0.29) is 35.6 Å². The van der Waals surface area contributed by atoms with Crippen molar-refractivity contribution in [2.75, 3.05) is 5.32 Å². The first-order chi connectivity index (χ1) is 16.4. The molecule has 5 rings (SSSR count). The number of aliphatic hydroxyl groups is 1. The summed E-state index contributed by atoms with van der Waals surface area (Å²) in [6, 6.07) is 7.55. The highest BCUT2D eigenvalue weighted by Crippen LogP contribution is 2.32. The van der Waals surface area contributed by atoms with Crippen LogP contribution in [0.1, 0.15) is 37.7 Å². The number of fused-ring (bicyclic) bond motifs is 1. The van der Waals surface area contributed by atoms with Gasteiger partial charge in [0.05, 0.1) is 17.5 Å². The summed E-state index contributed by atoms with van der Waals surface area (Å²) in [7, 11) is 0. The fourth-order valence-electron chi connectivity index (χ4n) is 4.73. The van der Waals surface area contributed by atoms with Gasteiger partial charge < -0.3 is 10.4 Å². The number of hydrogen-bond acceptors (Lipinski definition) is 5. The molecule has 8 heteroatoms. The van der Waals surface area contributed by atoms with Gasteiger partial charge >= 0.3 is 0 Å². The number of rotatable bonds is 4. The fraction of sp³-hybridized carbons (Fsp3) is 0.346. The summed E-state index contributed by atoms with van der Waals surface area (Å²) in [6.45, 7) is 1.80. The number of pyridine rings is 1. The van der Waals surface area contributed by atoms with Crippen molar-refractivity contribution in [2.45, 2.75) is 57.3 Å². The molecule has 2 N–H and O–H groups in total. The molecule has 0 amide bonds. The second kappa shape index (κ2) is 9.10. The molecule has 2 aliphatic carbocycles. The number of alkyl halides is 1. The minimum atomic E-state index is -1.34. The van der Waals surface area contributed by atoms with Gasteiger partial charge in [0.1, 0.15) is 12.0 Å². The maximum absolute atomic E-state index is 14.9. The summed E-state index contributed by atoms with van der Waals surface area (Å²) >= 11 is 0. The number of allylic oxidation sites excluding steroid dienone is 4. The van der Waals surface area contributed by atoms with Crippen LogP contribution < -0.4 is 10.9 Å². The topological polar surface area (TPSA) is 80.0 Å². The second-order valence-corrected chi connectivity index (χ2v) is 8.97. The van der Waals surface area contributed by atoms with Crippen molar-refractivity contribution >= 4 is 22.7 Å². The lowest BCUT2D eigenvalue weighted by Crippen LogP contribution is -2.29. The lowest BCUT2D eigenvalue weighted by Gasteiger charge is -2.26. The van der Waals surface area contributed by atoms with Crippen molar-refractivity contribution in [1.82, 2.24) is 14.5 Å². The van der Waals surface area contributed by atoms with Crippen LogP contribution in [-0.2, 0) is 0 Å². The molecular formula is C26H26F2N4O2. The Morgan fingerprint density at radius 3 is 2.65 bits per heavy atom. The first-order valence-corrected chi connectivity index (χ1v) is 11.6. The molecule has 0 saturated heterocycles. The number of aryl methyl sites for hydroxylation is 1. The van der Waals surface area contributed by atoms with Crippen LogP contribution in [0.25, 0.3) is 28.0 Å². The van der Waals surface area contributed by atoms with Crippen LogP contribution in [0.2, 0.25) is 0 Å². The number of aliphatic hydroxyl groups excluding tert-OH is 1. The van der Waals surface area contributed by atoms with E-state index in [1.54, 1.807) is 37.3 Å². The maximum atomic E-state index is 14.9. The summed E-state index contributed by atoms with van der Waals surface area (Å²) in [6.07, 6.45) is 6.48. The molecule has 1 fully saturated rings. The first-order valence-electron chi connectivity index (χ1n) is 11.6. The molecule has 2 heterocycles. The van der Waals surface area contributed by atoms with Crippen molar-refractivity contribution in [3.8, 4) is 11.3 Å². The van der Waals surface area contributed by atoms with Gasteiger partial charge in [-0.25, -0.2) is 13.8 Å². The van der Waals surface area contributed by atoms with E-state index >= 15 is 0 Å². The summed E-state index contributed by atoms with van der Waals surface area (Å²) in [5.74, 6) is -0.0376. The van der Waals surface area contributed by atoms with E-state index in [2.05, 4.69) is 10.3 Å². The molecule has 176 valence electrons. The fourth-order valence-corrected chi connectivity index (χ4v) is 4.73. The normalized spacial score (nSPS) is 22.6. The number of nitrogens with one attached hydrogen (secondary N) is 1. The van der Waals surface area contributed by atoms with E-state index in [0.29, 0.717) is 46.6 Å². The standard InChI is InChI=1S/C26H26F2N4O2/c1-15-14-16(27)6-11-19(15)24-20-12-13-23(34)32(22-5-3-2-4-21(22)28)25(20)31-26(30-24)29-17-7-9-18(33)10-8-17/h2-3,5-6,11-14,17-18,21,33H,4,7-10H2,1H3,(H,29,30,31). The van der Waals surface area contributed by atoms with E-state index in [0.717, 1.165) is 12.8 Å². The minimum Gasteiger partial charge on any atom is -0.393 e. The Labute approximate surface area is 195 Å². The molecule has 0 bridgehead atoms. The van der Waals surface area contributed by atoms with Crippen LogP contribution in [0.3, 0.4) is 0 Å². The van der Waals surface area contributed by atoms with Crippen molar-refractivity contribution in [3.05, 3.63) is 70.3 Å². The molecule has 0 aliphatic heterocycles. The van der Waals surface area contributed by atoms with E-state index in [4.69, 9.17) is 4.98 Å². The zero-order chi connectivity index (χ0) is 23.8. The number of benzene rings is 1. The molecule has 2 aromatic heterocycles. The molecule has 1 atom stereocenters. The van der Waals surface area contributed by atoms with Gasteiger partial charge in [-0.2, -0.15) is 4.98 Å². The molecule has 3 aromatic rings. The highest BCUT2D eigenvalue weighted by Gasteiger charge is 2.24. The lowest BCUT2D eigenvalue weighted by atomic mass is 9.93. The van der Waals surface area contributed by atoms with E-state index in [1.807, 2.05) is 0 Å².